The Kier molecular flexibility index (Phi) is 5.65. The maximum Gasteiger partial charge on any atom is 0.226 e. The summed E-state index contributed by atoms with van der Waals surface area (Å²) >= 11 is 6.90. The van der Waals surface area contributed by atoms with Crippen molar-refractivity contribution in [2.45, 2.75) is 44.2 Å². The van der Waals surface area contributed by atoms with E-state index < -0.39 is 11.0 Å². The van der Waals surface area contributed by atoms with Gasteiger partial charge in [-0.05, 0) is 24.5 Å². The van der Waals surface area contributed by atoms with Gasteiger partial charge in [0.25, 0.3) is 0 Å². The highest BCUT2D eigenvalue weighted by molar-refractivity contribution is 6.33. The first-order valence-electron chi connectivity index (χ1n) is 10.1. The summed E-state index contributed by atoms with van der Waals surface area (Å²) in [6.07, 6.45) is 5.05. The van der Waals surface area contributed by atoms with Crippen LogP contribution in [0.25, 0.3) is 0 Å². The summed E-state index contributed by atoms with van der Waals surface area (Å²) in [7, 11) is 0. The van der Waals surface area contributed by atoms with Crippen LogP contribution >= 0.6 is 11.6 Å². The highest BCUT2D eigenvalue weighted by Crippen LogP contribution is 2.56. The molecule has 2 aromatic carbocycles. The number of allylic oxidation sites excluding steroid dienone is 1. The van der Waals surface area contributed by atoms with Crippen molar-refractivity contribution < 1.29 is 13.9 Å². The number of hydrogen-bond acceptors (Lipinski definition) is 3. The van der Waals surface area contributed by atoms with Crippen LogP contribution in [0.2, 0.25) is 0 Å². The molecule has 30 heavy (non-hydrogen) atoms. The lowest BCUT2D eigenvalue weighted by atomic mass is 9.65. The van der Waals surface area contributed by atoms with E-state index in [4.69, 9.17) is 27.1 Å². The lowest BCUT2D eigenvalue weighted by Gasteiger charge is -2.42. The quantitative estimate of drug-likeness (QED) is 0.684. The van der Waals surface area contributed by atoms with Crippen LogP contribution in [-0.2, 0) is 22.6 Å². The van der Waals surface area contributed by atoms with Gasteiger partial charge in [0, 0.05) is 12.0 Å². The van der Waals surface area contributed by atoms with Gasteiger partial charge in [-0.3, -0.25) is 9.79 Å². The highest BCUT2D eigenvalue weighted by Gasteiger charge is 2.60. The first-order chi connectivity index (χ1) is 14.5. The highest BCUT2D eigenvalue weighted by atomic mass is 35.5. The third-order valence-corrected chi connectivity index (χ3v) is 6.84. The van der Waals surface area contributed by atoms with Crippen LogP contribution in [0.5, 0.6) is 0 Å². The second kappa shape index (κ2) is 8.23. The average molecular weight is 427 g/mol. The monoisotopic (exact) mass is 426 g/mol. The molecular formula is C24H24ClFN2O2. The second-order valence-corrected chi connectivity index (χ2v) is 8.37. The van der Waals surface area contributed by atoms with E-state index in [2.05, 4.69) is 0 Å². The molecule has 1 atom stereocenters. The number of aliphatic imine (C=N–C) groups is 1. The molecule has 1 amide bonds. The lowest BCUT2D eigenvalue weighted by Crippen LogP contribution is -2.54. The van der Waals surface area contributed by atoms with E-state index in [0.717, 1.165) is 18.4 Å². The van der Waals surface area contributed by atoms with Gasteiger partial charge >= 0.3 is 0 Å². The Labute approximate surface area is 180 Å². The molecule has 0 bridgehead atoms. The summed E-state index contributed by atoms with van der Waals surface area (Å²) in [5, 5.41) is 0.364. The molecular weight excluding hydrogens is 403 g/mol. The number of carbonyl (C=O) groups is 1. The zero-order valence-corrected chi connectivity index (χ0v) is 17.4. The fourth-order valence-electron chi connectivity index (χ4n) is 4.72. The molecule has 0 saturated heterocycles. The Bertz CT molecular complexity index is 999. The Hall–Kier alpha value is -2.66. The van der Waals surface area contributed by atoms with E-state index in [0.29, 0.717) is 35.6 Å². The van der Waals surface area contributed by atoms with Gasteiger partial charge in [0.05, 0.1) is 16.7 Å². The van der Waals surface area contributed by atoms with E-state index in [1.54, 1.807) is 24.4 Å². The maximum atomic E-state index is 14.0. The molecule has 1 saturated carbocycles. The Balaban J connectivity index is 1.72. The molecule has 1 aliphatic heterocycles. The molecule has 0 aromatic heterocycles. The minimum atomic E-state index is -1.01. The molecule has 0 radical (unpaired) electrons. The van der Waals surface area contributed by atoms with E-state index >= 15 is 0 Å². The minimum absolute atomic E-state index is 0.0231. The Morgan fingerprint density at radius 1 is 1.10 bits per heavy atom. The zero-order chi connectivity index (χ0) is 21.2. The molecule has 2 N–H and O–H groups in total. The number of hydrogen-bond donors (Lipinski definition) is 1. The van der Waals surface area contributed by atoms with Crippen LogP contribution in [0.3, 0.4) is 0 Å². The SMILES string of the molecule is NC(=O)C1(C2(Cc3ccccc3)N=CC(OCc3ccccc3F)=C2Cl)CCCC1. The van der Waals surface area contributed by atoms with Crippen LogP contribution in [0.15, 0.2) is 70.4 Å². The number of halogens is 2. The fourth-order valence-corrected chi connectivity index (χ4v) is 5.12. The van der Waals surface area contributed by atoms with E-state index in [1.165, 1.54) is 6.07 Å². The zero-order valence-electron chi connectivity index (χ0n) is 16.6. The molecule has 156 valence electrons. The summed E-state index contributed by atoms with van der Waals surface area (Å²) in [6, 6.07) is 16.2. The van der Waals surface area contributed by atoms with Crippen LogP contribution < -0.4 is 5.73 Å². The topological polar surface area (TPSA) is 64.7 Å². The lowest BCUT2D eigenvalue weighted by molar-refractivity contribution is -0.130. The Morgan fingerprint density at radius 2 is 1.77 bits per heavy atom. The molecule has 1 unspecified atom stereocenters. The maximum absolute atomic E-state index is 14.0. The van der Waals surface area contributed by atoms with Crippen molar-refractivity contribution >= 4 is 23.7 Å². The molecule has 1 aliphatic carbocycles. The number of benzene rings is 2. The summed E-state index contributed by atoms with van der Waals surface area (Å²) in [5.41, 5.74) is 5.51. The van der Waals surface area contributed by atoms with Gasteiger partial charge < -0.3 is 10.5 Å². The number of ether oxygens (including phenoxy) is 1. The van der Waals surface area contributed by atoms with Crippen molar-refractivity contribution in [3.63, 3.8) is 0 Å². The third kappa shape index (κ3) is 3.41. The molecule has 1 heterocycles. The van der Waals surface area contributed by atoms with E-state index in [1.807, 2.05) is 30.3 Å². The number of rotatable bonds is 7. The largest absolute Gasteiger partial charge is 0.486 e. The minimum Gasteiger partial charge on any atom is -0.486 e. The van der Waals surface area contributed by atoms with Crippen molar-refractivity contribution in [1.82, 2.24) is 0 Å². The molecule has 6 heteroatoms. The third-order valence-electron chi connectivity index (χ3n) is 6.35. The predicted octanol–water partition coefficient (Wildman–Crippen LogP) is 4.90. The van der Waals surface area contributed by atoms with Crippen molar-refractivity contribution in [3.8, 4) is 0 Å². The molecule has 0 spiro atoms. The van der Waals surface area contributed by atoms with Gasteiger partial charge in [-0.15, -0.1) is 0 Å². The van der Waals surface area contributed by atoms with Gasteiger partial charge in [-0.1, -0.05) is 73.0 Å². The first-order valence-corrected chi connectivity index (χ1v) is 10.5. The van der Waals surface area contributed by atoms with Gasteiger partial charge in [-0.2, -0.15) is 0 Å². The van der Waals surface area contributed by atoms with Crippen molar-refractivity contribution in [3.05, 3.63) is 82.3 Å². The second-order valence-electron chi connectivity index (χ2n) is 7.99. The summed E-state index contributed by atoms with van der Waals surface area (Å²) in [4.78, 5) is 17.5. The summed E-state index contributed by atoms with van der Waals surface area (Å²) < 4.78 is 19.9. The van der Waals surface area contributed by atoms with Crippen molar-refractivity contribution in [2.75, 3.05) is 0 Å². The number of primary amides is 1. The molecule has 2 aliphatic rings. The predicted molar refractivity (Wildman–Crippen MR) is 116 cm³/mol. The van der Waals surface area contributed by atoms with Gasteiger partial charge in [0.15, 0.2) is 5.76 Å². The van der Waals surface area contributed by atoms with Gasteiger partial charge in [-0.25, -0.2) is 4.39 Å². The number of carbonyl (C=O) groups excluding carboxylic acids is 1. The Morgan fingerprint density at radius 3 is 2.43 bits per heavy atom. The summed E-state index contributed by atoms with van der Waals surface area (Å²) in [6.45, 7) is 0.0231. The van der Waals surface area contributed by atoms with E-state index in [-0.39, 0.29) is 18.3 Å². The fraction of sp³-hybridized carbons (Fsp3) is 0.333. The van der Waals surface area contributed by atoms with Crippen LogP contribution in [0.4, 0.5) is 4.39 Å². The smallest absolute Gasteiger partial charge is 0.226 e. The van der Waals surface area contributed by atoms with Gasteiger partial charge in [0.1, 0.15) is 18.0 Å². The number of amides is 1. The van der Waals surface area contributed by atoms with Crippen LogP contribution in [-0.4, -0.2) is 17.7 Å². The van der Waals surface area contributed by atoms with Gasteiger partial charge in [0.2, 0.25) is 5.91 Å². The normalized spacial score (nSPS) is 22.5. The van der Waals surface area contributed by atoms with E-state index in [9.17, 15) is 9.18 Å². The first kappa shape index (κ1) is 20.6. The number of nitrogens with two attached hydrogens (primary N) is 1. The van der Waals surface area contributed by atoms with Crippen molar-refractivity contribution in [1.29, 1.82) is 0 Å². The molecule has 1 fully saturated rings. The number of nitrogens with zero attached hydrogens (tertiary/aromatic N) is 1. The van der Waals surface area contributed by atoms with Crippen LogP contribution in [0, 0.1) is 11.2 Å². The molecule has 4 nitrogen and oxygen atoms in total. The molecule has 2 aromatic rings. The van der Waals surface area contributed by atoms with Crippen molar-refractivity contribution in [2.24, 2.45) is 16.1 Å². The summed E-state index contributed by atoms with van der Waals surface area (Å²) in [5.74, 6) is -0.367. The average Bonchev–Trinajstić information content (AvgIpc) is 3.36. The molecule has 4 rings (SSSR count). The van der Waals surface area contributed by atoms with Crippen LogP contribution in [0.1, 0.15) is 36.8 Å². The standard InChI is InChI=1S/C24H24ClFN2O2/c25-21-20(30-16-18-10-4-5-11-19(18)26)15-28-24(21,14-17-8-2-1-3-9-17)23(22(27)29)12-6-7-13-23/h1-5,8-11,15H,6-7,12-14,16H2,(H2,27,29).